The number of hydrogen-bond donors (Lipinski definition) is 1. The molecule has 0 bridgehead atoms. The number of fused-ring (bicyclic) bond motifs is 1. The van der Waals surface area contributed by atoms with Gasteiger partial charge < -0.3 is 9.88 Å². The van der Waals surface area contributed by atoms with Gasteiger partial charge in [-0.2, -0.15) is 0 Å². The Balaban J connectivity index is 1.75. The molecule has 1 heterocycles. The minimum atomic E-state index is 0.794. The molecule has 0 atom stereocenters. The molecule has 2 aromatic carbocycles. The molecular formula is C17H18BrN3. The summed E-state index contributed by atoms with van der Waals surface area (Å²) in [6.45, 7) is 3.99. The molecule has 0 saturated heterocycles. The summed E-state index contributed by atoms with van der Waals surface area (Å²) in [6, 6.07) is 12.8. The zero-order chi connectivity index (χ0) is 14.7. The van der Waals surface area contributed by atoms with Crippen molar-refractivity contribution < 1.29 is 0 Å². The van der Waals surface area contributed by atoms with Gasteiger partial charge in [-0.05, 0) is 41.5 Å². The number of rotatable bonds is 5. The minimum Gasteiger partial charge on any atom is -0.379 e. The quantitative estimate of drug-likeness (QED) is 0.719. The second-order valence-electron chi connectivity index (χ2n) is 5.14. The lowest BCUT2D eigenvalue weighted by Gasteiger charge is -2.10. The van der Waals surface area contributed by atoms with Crippen LogP contribution in [-0.2, 0) is 13.1 Å². The van der Waals surface area contributed by atoms with E-state index < -0.39 is 0 Å². The Hall–Kier alpha value is -1.81. The van der Waals surface area contributed by atoms with Crippen molar-refractivity contribution in [2.45, 2.75) is 26.4 Å². The molecule has 1 N–H and O–H groups in total. The van der Waals surface area contributed by atoms with Crippen molar-refractivity contribution in [3.05, 3.63) is 59.1 Å². The molecule has 3 rings (SSSR count). The molecule has 3 aromatic rings. The first-order valence-corrected chi connectivity index (χ1v) is 7.98. The third-order valence-electron chi connectivity index (χ3n) is 3.54. The molecule has 108 valence electrons. The van der Waals surface area contributed by atoms with Gasteiger partial charge in [0.1, 0.15) is 0 Å². The molecule has 0 saturated carbocycles. The van der Waals surface area contributed by atoms with Crippen LogP contribution < -0.4 is 5.32 Å². The van der Waals surface area contributed by atoms with Gasteiger partial charge in [-0.25, -0.2) is 4.98 Å². The highest BCUT2D eigenvalue weighted by Gasteiger charge is 2.02. The zero-order valence-electron chi connectivity index (χ0n) is 12.0. The van der Waals surface area contributed by atoms with Gasteiger partial charge in [-0.3, -0.25) is 0 Å². The van der Waals surface area contributed by atoms with E-state index in [2.05, 4.69) is 74.1 Å². The molecule has 0 amide bonds. The molecule has 3 nitrogen and oxygen atoms in total. The highest BCUT2D eigenvalue weighted by Crippen LogP contribution is 2.23. The van der Waals surface area contributed by atoms with E-state index in [1.807, 2.05) is 12.5 Å². The summed E-state index contributed by atoms with van der Waals surface area (Å²) in [4.78, 5) is 4.23. The molecule has 0 aliphatic rings. The molecule has 4 heteroatoms. The van der Waals surface area contributed by atoms with Crippen LogP contribution in [0.4, 0.5) is 5.69 Å². The monoisotopic (exact) mass is 343 g/mol. The van der Waals surface area contributed by atoms with Gasteiger partial charge in [0.15, 0.2) is 0 Å². The summed E-state index contributed by atoms with van der Waals surface area (Å²) in [6.07, 6.45) is 4.95. The Morgan fingerprint density at radius 1 is 1.14 bits per heavy atom. The second-order valence-corrected chi connectivity index (χ2v) is 6.05. The Bertz CT molecular complexity index is 749. The van der Waals surface area contributed by atoms with E-state index >= 15 is 0 Å². The molecule has 0 aliphatic carbocycles. The molecule has 0 unspecified atom stereocenters. The largest absolute Gasteiger partial charge is 0.379 e. The fourth-order valence-corrected chi connectivity index (χ4v) is 2.84. The van der Waals surface area contributed by atoms with Crippen LogP contribution in [0, 0.1) is 0 Å². The Morgan fingerprint density at radius 2 is 1.95 bits per heavy atom. The topological polar surface area (TPSA) is 29.9 Å². The van der Waals surface area contributed by atoms with Crippen LogP contribution in [0.2, 0.25) is 0 Å². The van der Waals surface area contributed by atoms with Gasteiger partial charge in [0.2, 0.25) is 0 Å². The summed E-state index contributed by atoms with van der Waals surface area (Å²) in [7, 11) is 0. The first-order chi connectivity index (χ1) is 10.3. The predicted octanol–water partition coefficient (Wildman–Crippen LogP) is 4.82. The maximum Gasteiger partial charge on any atom is 0.0948 e. The highest BCUT2D eigenvalue weighted by atomic mass is 79.9. The number of nitrogens with one attached hydrogen (secondary N) is 1. The van der Waals surface area contributed by atoms with Crippen LogP contribution in [0.5, 0.6) is 0 Å². The lowest BCUT2D eigenvalue weighted by Crippen LogP contribution is -2.06. The van der Waals surface area contributed by atoms with Crippen molar-refractivity contribution in [2.24, 2.45) is 0 Å². The van der Waals surface area contributed by atoms with Crippen LogP contribution in [-0.4, -0.2) is 9.55 Å². The van der Waals surface area contributed by atoms with E-state index in [-0.39, 0.29) is 0 Å². The number of anilines is 1. The fraction of sp³-hybridized carbons (Fsp3) is 0.235. The van der Waals surface area contributed by atoms with Crippen LogP contribution in [0.15, 0.2) is 53.4 Å². The van der Waals surface area contributed by atoms with E-state index in [1.54, 1.807) is 0 Å². The Labute approximate surface area is 133 Å². The van der Waals surface area contributed by atoms with Gasteiger partial charge in [0, 0.05) is 22.9 Å². The predicted molar refractivity (Wildman–Crippen MR) is 91.5 cm³/mol. The molecule has 0 fully saturated rings. The van der Waals surface area contributed by atoms with E-state index in [1.165, 1.54) is 16.5 Å². The molecule has 0 radical (unpaired) electrons. The van der Waals surface area contributed by atoms with Crippen LogP contribution in [0.25, 0.3) is 10.8 Å². The Morgan fingerprint density at radius 3 is 2.81 bits per heavy atom. The summed E-state index contributed by atoms with van der Waals surface area (Å²) in [5, 5.41) is 5.96. The maximum absolute atomic E-state index is 4.23. The minimum absolute atomic E-state index is 0.794. The average molecular weight is 344 g/mol. The molecule has 0 spiro atoms. The standard InChI is InChI=1S/C17H18BrN3/c1-2-7-21-12-19-10-17(21)11-20-16-6-4-13-8-15(18)5-3-14(13)9-16/h3-6,8-10,12,20H,2,7,11H2,1H3. The lowest BCUT2D eigenvalue weighted by atomic mass is 10.1. The van der Waals surface area contributed by atoms with Crippen LogP contribution in [0.1, 0.15) is 19.0 Å². The van der Waals surface area contributed by atoms with Crippen LogP contribution >= 0.6 is 15.9 Å². The maximum atomic E-state index is 4.23. The van der Waals surface area contributed by atoms with Crippen molar-refractivity contribution in [2.75, 3.05) is 5.32 Å². The van der Waals surface area contributed by atoms with Crippen molar-refractivity contribution in [3.63, 3.8) is 0 Å². The van der Waals surface area contributed by atoms with Crippen molar-refractivity contribution in [3.8, 4) is 0 Å². The molecule has 21 heavy (non-hydrogen) atoms. The first kappa shape index (κ1) is 14.1. The second kappa shape index (κ2) is 6.31. The van der Waals surface area contributed by atoms with Crippen molar-refractivity contribution in [1.82, 2.24) is 9.55 Å². The van der Waals surface area contributed by atoms with Gasteiger partial charge in [0.05, 0.1) is 18.6 Å². The Kier molecular flexibility index (Phi) is 4.25. The normalized spacial score (nSPS) is 11.0. The number of imidazole rings is 1. The average Bonchev–Trinajstić information content (AvgIpc) is 2.93. The van der Waals surface area contributed by atoms with E-state index in [4.69, 9.17) is 0 Å². The summed E-state index contributed by atoms with van der Waals surface area (Å²) in [5.41, 5.74) is 2.35. The summed E-state index contributed by atoms with van der Waals surface area (Å²) < 4.78 is 3.31. The molecular weight excluding hydrogens is 326 g/mol. The van der Waals surface area contributed by atoms with E-state index in [0.717, 1.165) is 29.7 Å². The summed E-state index contributed by atoms with van der Waals surface area (Å²) in [5.74, 6) is 0. The number of hydrogen-bond acceptors (Lipinski definition) is 2. The van der Waals surface area contributed by atoms with Crippen LogP contribution in [0.3, 0.4) is 0 Å². The number of aryl methyl sites for hydroxylation is 1. The SMILES string of the molecule is CCCn1cncc1CNc1ccc2cc(Br)ccc2c1. The van der Waals surface area contributed by atoms with E-state index in [0.29, 0.717) is 0 Å². The van der Waals surface area contributed by atoms with Gasteiger partial charge in [-0.15, -0.1) is 0 Å². The van der Waals surface area contributed by atoms with E-state index in [9.17, 15) is 0 Å². The fourth-order valence-electron chi connectivity index (χ4n) is 2.46. The van der Waals surface area contributed by atoms with Gasteiger partial charge in [-0.1, -0.05) is 35.0 Å². The van der Waals surface area contributed by atoms with Crippen molar-refractivity contribution in [1.29, 1.82) is 0 Å². The van der Waals surface area contributed by atoms with Gasteiger partial charge >= 0.3 is 0 Å². The zero-order valence-corrected chi connectivity index (χ0v) is 13.6. The third kappa shape index (κ3) is 3.27. The molecule has 0 aliphatic heterocycles. The first-order valence-electron chi connectivity index (χ1n) is 7.18. The van der Waals surface area contributed by atoms with Gasteiger partial charge in [0.25, 0.3) is 0 Å². The number of nitrogens with zero attached hydrogens (tertiary/aromatic N) is 2. The smallest absolute Gasteiger partial charge is 0.0948 e. The number of benzene rings is 2. The summed E-state index contributed by atoms with van der Waals surface area (Å²) >= 11 is 3.51. The number of halogens is 1. The third-order valence-corrected chi connectivity index (χ3v) is 4.03. The lowest BCUT2D eigenvalue weighted by molar-refractivity contribution is 0.651. The highest BCUT2D eigenvalue weighted by molar-refractivity contribution is 9.10. The van der Waals surface area contributed by atoms with Crippen molar-refractivity contribution >= 4 is 32.4 Å². The number of aromatic nitrogens is 2. The molecule has 1 aromatic heterocycles.